The second kappa shape index (κ2) is 7.25. The van der Waals surface area contributed by atoms with E-state index in [0.29, 0.717) is 24.6 Å². The Morgan fingerprint density at radius 2 is 1.97 bits per heavy atom. The molecule has 0 saturated heterocycles. The zero-order valence-corrected chi connectivity index (χ0v) is 16.9. The van der Waals surface area contributed by atoms with E-state index in [9.17, 15) is 4.79 Å². The first-order valence-electron chi connectivity index (χ1n) is 9.99. The summed E-state index contributed by atoms with van der Waals surface area (Å²) in [7, 11) is 1.94. The molecule has 0 bridgehead atoms. The van der Waals surface area contributed by atoms with E-state index in [0.717, 1.165) is 35.6 Å². The Bertz CT molecular complexity index is 1200. The fraction of sp³-hybridized carbons (Fsp3) is 0.286. The Labute approximate surface area is 173 Å². The first kappa shape index (κ1) is 18.3. The predicted octanol–water partition coefficient (Wildman–Crippen LogP) is 2.08. The number of amides is 1. The van der Waals surface area contributed by atoms with Crippen LogP contribution < -0.4 is 0 Å². The van der Waals surface area contributed by atoms with Gasteiger partial charge in [0.25, 0.3) is 5.91 Å². The Morgan fingerprint density at radius 3 is 2.73 bits per heavy atom. The van der Waals surface area contributed by atoms with Crippen molar-refractivity contribution in [3.05, 3.63) is 65.9 Å². The lowest BCUT2D eigenvalue weighted by molar-refractivity contribution is 0.0726. The molecule has 3 aromatic heterocycles. The summed E-state index contributed by atoms with van der Waals surface area (Å²) in [5.74, 6) is 0.606. The van der Waals surface area contributed by atoms with Crippen molar-refractivity contribution in [1.82, 2.24) is 39.2 Å². The smallest absolute Gasteiger partial charge is 0.274 e. The maximum atomic E-state index is 13.0. The zero-order chi connectivity index (χ0) is 20.7. The van der Waals surface area contributed by atoms with Gasteiger partial charge in [0, 0.05) is 49.7 Å². The molecule has 4 heterocycles. The molecule has 0 radical (unpaired) electrons. The van der Waals surface area contributed by atoms with Crippen molar-refractivity contribution in [1.29, 1.82) is 0 Å². The van der Waals surface area contributed by atoms with Gasteiger partial charge < -0.3 is 4.90 Å². The summed E-state index contributed by atoms with van der Waals surface area (Å²) in [6, 6.07) is 11.7. The van der Waals surface area contributed by atoms with Gasteiger partial charge in [-0.1, -0.05) is 18.2 Å². The molecule has 0 aliphatic carbocycles. The number of rotatable bonds is 4. The minimum absolute atomic E-state index is 0.0628. The van der Waals surface area contributed by atoms with Gasteiger partial charge in [0.15, 0.2) is 5.82 Å². The first-order chi connectivity index (χ1) is 14.7. The minimum atomic E-state index is -0.0628. The molecule has 0 N–H and O–H groups in total. The average Bonchev–Trinajstić information content (AvgIpc) is 3.52. The number of aromatic nitrogens is 7. The topological polar surface area (TPSA) is 86.7 Å². The van der Waals surface area contributed by atoms with Gasteiger partial charge in [-0.05, 0) is 25.1 Å². The number of nitrogens with zero attached hydrogens (tertiary/aromatic N) is 8. The highest BCUT2D eigenvalue weighted by Gasteiger charge is 2.30. The van der Waals surface area contributed by atoms with E-state index in [-0.39, 0.29) is 5.91 Å². The normalized spacial score (nSPS) is 13.5. The fourth-order valence-corrected chi connectivity index (χ4v) is 3.93. The van der Waals surface area contributed by atoms with E-state index in [1.54, 1.807) is 17.1 Å². The first-order valence-corrected chi connectivity index (χ1v) is 9.99. The number of carbonyl (C=O) groups excluding carboxylic acids is 1. The summed E-state index contributed by atoms with van der Waals surface area (Å²) >= 11 is 0. The number of hydrogen-bond acceptors (Lipinski definition) is 5. The number of carbonyl (C=O) groups is 1. The van der Waals surface area contributed by atoms with E-state index in [1.807, 2.05) is 64.6 Å². The third-order valence-corrected chi connectivity index (χ3v) is 5.51. The minimum Gasteiger partial charge on any atom is -0.332 e. The number of para-hydroxylation sites is 1. The lowest BCUT2D eigenvalue weighted by Crippen LogP contribution is -2.36. The standard InChI is InChI=1S/C21H22N8O/c1-3-28-12-9-17(24-28)21(30)27-11-10-18-16(13-27)19(25-26(18)2)20-23-22-14-29(20)15-7-5-4-6-8-15/h4-9,12,14H,3,10-11,13H2,1-2H3. The van der Waals surface area contributed by atoms with Gasteiger partial charge in [0.1, 0.15) is 17.7 Å². The molecule has 1 aliphatic heterocycles. The number of aryl methyl sites for hydroxylation is 2. The highest BCUT2D eigenvalue weighted by Crippen LogP contribution is 2.30. The predicted molar refractivity (Wildman–Crippen MR) is 110 cm³/mol. The number of fused-ring (bicyclic) bond motifs is 1. The van der Waals surface area contributed by atoms with Gasteiger partial charge in [-0.15, -0.1) is 10.2 Å². The van der Waals surface area contributed by atoms with Gasteiger partial charge in [-0.25, -0.2) is 0 Å². The Morgan fingerprint density at radius 1 is 1.13 bits per heavy atom. The molecule has 1 aromatic carbocycles. The van der Waals surface area contributed by atoms with Crippen LogP contribution in [0, 0.1) is 0 Å². The Kier molecular flexibility index (Phi) is 4.42. The van der Waals surface area contributed by atoms with Crippen molar-refractivity contribution in [3.8, 4) is 17.2 Å². The van der Waals surface area contributed by atoms with Gasteiger partial charge in [0.2, 0.25) is 0 Å². The molecule has 0 atom stereocenters. The molecule has 0 fully saturated rings. The number of hydrogen-bond donors (Lipinski definition) is 0. The summed E-state index contributed by atoms with van der Waals surface area (Å²) < 4.78 is 5.58. The van der Waals surface area contributed by atoms with Crippen molar-refractivity contribution in [2.24, 2.45) is 7.05 Å². The third kappa shape index (κ3) is 2.99. The Balaban J connectivity index is 1.51. The number of benzene rings is 1. The summed E-state index contributed by atoms with van der Waals surface area (Å²) in [6.45, 7) is 3.84. The van der Waals surface area contributed by atoms with Crippen molar-refractivity contribution in [2.75, 3.05) is 6.54 Å². The van der Waals surface area contributed by atoms with Gasteiger partial charge in [-0.3, -0.25) is 18.7 Å². The molecule has 1 amide bonds. The van der Waals surface area contributed by atoms with Crippen LogP contribution >= 0.6 is 0 Å². The molecular weight excluding hydrogens is 380 g/mol. The molecule has 1 aliphatic rings. The van der Waals surface area contributed by atoms with Crippen LogP contribution in [0.5, 0.6) is 0 Å². The fourth-order valence-electron chi connectivity index (χ4n) is 3.93. The molecule has 4 aromatic rings. The molecule has 0 saturated carbocycles. The molecule has 30 heavy (non-hydrogen) atoms. The molecule has 0 unspecified atom stereocenters. The van der Waals surface area contributed by atoms with Gasteiger partial charge in [0.05, 0.1) is 6.54 Å². The highest BCUT2D eigenvalue weighted by atomic mass is 16.2. The maximum absolute atomic E-state index is 13.0. The van der Waals surface area contributed by atoms with Crippen LogP contribution in [0.2, 0.25) is 0 Å². The zero-order valence-electron chi connectivity index (χ0n) is 16.9. The van der Waals surface area contributed by atoms with Crippen molar-refractivity contribution in [3.63, 3.8) is 0 Å². The third-order valence-electron chi connectivity index (χ3n) is 5.51. The second-order valence-corrected chi connectivity index (χ2v) is 7.29. The van der Waals surface area contributed by atoms with Crippen LogP contribution in [0.3, 0.4) is 0 Å². The van der Waals surface area contributed by atoms with Crippen LogP contribution in [-0.2, 0) is 26.6 Å². The van der Waals surface area contributed by atoms with Crippen LogP contribution in [-0.4, -0.2) is 51.7 Å². The lowest BCUT2D eigenvalue weighted by Gasteiger charge is -2.27. The molecule has 9 heteroatoms. The van der Waals surface area contributed by atoms with Crippen LogP contribution in [0.4, 0.5) is 0 Å². The molecule has 0 spiro atoms. The van der Waals surface area contributed by atoms with Gasteiger partial charge in [-0.2, -0.15) is 10.2 Å². The molecule has 5 rings (SSSR count). The van der Waals surface area contributed by atoms with Crippen molar-refractivity contribution >= 4 is 5.91 Å². The summed E-state index contributed by atoms with van der Waals surface area (Å²) in [5, 5.41) is 17.6. The molecule has 9 nitrogen and oxygen atoms in total. The van der Waals surface area contributed by atoms with Gasteiger partial charge >= 0.3 is 0 Å². The lowest BCUT2D eigenvalue weighted by atomic mass is 10.0. The monoisotopic (exact) mass is 402 g/mol. The van der Waals surface area contributed by atoms with Crippen LogP contribution in [0.15, 0.2) is 48.9 Å². The molecular formula is C21H22N8O. The van der Waals surface area contributed by atoms with E-state index < -0.39 is 0 Å². The van der Waals surface area contributed by atoms with Crippen molar-refractivity contribution in [2.45, 2.75) is 26.4 Å². The average molecular weight is 402 g/mol. The summed E-state index contributed by atoms with van der Waals surface area (Å²) in [6.07, 6.45) is 4.26. The largest absolute Gasteiger partial charge is 0.332 e. The summed E-state index contributed by atoms with van der Waals surface area (Å²) in [4.78, 5) is 14.9. The van der Waals surface area contributed by atoms with Crippen LogP contribution in [0.25, 0.3) is 17.2 Å². The summed E-state index contributed by atoms with van der Waals surface area (Å²) in [5.41, 5.74) is 4.32. The van der Waals surface area contributed by atoms with E-state index in [2.05, 4.69) is 15.3 Å². The molecule has 152 valence electrons. The highest BCUT2D eigenvalue weighted by molar-refractivity contribution is 5.92. The Hall–Kier alpha value is -3.75. The SMILES string of the molecule is CCn1ccc(C(=O)N2CCc3c(c(-c4nncn4-c4ccccc4)nn3C)C2)n1. The quantitative estimate of drug-likeness (QED) is 0.522. The van der Waals surface area contributed by atoms with E-state index in [1.165, 1.54) is 0 Å². The van der Waals surface area contributed by atoms with E-state index >= 15 is 0 Å². The van der Waals surface area contributed by atoms with Crippen molar-refractivity contribution < 1.29 is 4.79 Å². The van der Waals surface area contributed by atoms with Crippen LogP contribution in [0.1, 0.15) is 28.7 Å². The second-order valence-electron chi connectivity index (χ2n) is 7.29. The van der Waals surface area contributed by atoms with E-state index in [4.69, 9.17) is 5.10 Å². The maximum Gasteiger partial charge on any atom is 0.274 e.